The smallest absolute Gasteiger partial charge is 0.219 e. The van der Waals surface area contributed by atoms with Gasteiger partial charge < -0.3 is 4.74 Å². The fourth-order valence-electron chi connectivity index (χ4n) is 1.94. The van der Waals surface area contributed by atoms with Crippen LogP contribution in [0, 0.1) is 0 Å². The first-order valence-electron chi connectivity index (χ1n) is 7.49. The van der Waals surface area contributed by atoms with Crippen LogP contribution in [-0.2, 0) is 17.6 Å². The Balaban J connectivity index is 1.61. The minimum Gasteiger partial charge on any atom is -0.481 e. The van der Waals surface area contributed by atoms with Crippen molar-refractivity contribution in [3.63, 3.8) is 0 Å². The van der Waals surface area contributed by atoms with Crippen molar-refractivity contribution in [2.45, 2.75) is 18.0 Å². The molecule has 0 aliphatic carbocycles. The van der Waals surface area contributed by atoms with Crippen LogP contribution >= 0.6 is 11.8 Å². The van der Waals surface area contributed by atoms with Gasteiger partial charge in [-0.15, -0.1) is 0 Å². The van der Waals surface area contributed by atoms with E-state index in [0.717, 1.165) is 37.4 Å². The molecule has 0 spiro atoms. The predicted molar refractivity (Wildman–Crippen MR) is 93.0 cm³/mol. The minimum atomic E-state index is -1.27. The first-order valence-corrected chi connectivity index (χ1v) is 9.58. The van der Waals surface area contributed by atoms with Crippen molar-refractivity contribution < 1.29 is 8.95 Å². The van der Waals surface area contributed by atoms with Crippen LogP contribution < -0.4 is 9.46 Å². The number of thioether (sulfide) groups is 1. The molecule has 1 fully saturated rings. The van der Waals surface area contributed by atoms with Gasteiger partial charge in [0.05, 0.1) is 12.8 Å². The van der Waals surface area contributed by atoms with Gasteiger partial charge in [-0.1, -0.05) is 11.8 Å². The lowest BCUT2D eigenvalue weighted by Gasteiger charge is -2.28. The summed E-state index contributed by atoms with van der Waals surface area (Å²) >= 11 is 0.219. The molecule has 128 valence electrons. The molecule has 24 heavy (non-hydrogen) atoms. The lowest BCUT2D eigenvalue weighted by atomic mass is 10.3. The zero-order valence-electron chi connectivity index (χ0n) is 13.2. The number of rotatable bonds is 8. The summed E-state index contributed by atoms with van der Waals surface area (Å²) in [6, 6.07) is 1.64. The van der Waals surface area contributed by atoms with E-state index in [1.165, 1.54) is 11.8 Å². The summed E-state index contributed by atoms with van der Waals surface area (Å²) in [4.78, 5) is 17.0. The van der Waals surface area contributed by atoms with E-state index in [1.807, 2.05) is 4.31 Å². The number of ether oxygens (including phenoxy) is 1. The SMILES string of the molecule is COc1cc(NS(=O)N2CCC2)nc(SCCc2cnccn2)n1. The average Bonchev–Trinajstić information content (AvgIpc) is 2.54. The van der Waals surface area contributed by atoms with E-state index in [-0.39, 0.29) is 0 Å². The Morgan fingerprint density at radius 1 is 1.38 bits per heavy atom. The lowest BCUT2D eigenvalue weighted by Crippen LogP contribution is -2.41. The molecule has 1 saturated heterocycles. The first kappa shape index (κ1) is 17.1. The second-order valence-corrected chi connectivity index (χ2v) is 7.29. The maximum atomic E-state index is 12.1. The number of hydrogen-bond donors (Lipinski definition) is 1. The quantitative estimate of drug-likeness (QED) is 0.556. The van der Waals surface area contributed by atoms with Gasteiger partial charge in [0.1, 0.15) is 5.82 Å². The summed E-state index contributed by atoms with van der Waals surface area (Å²) in [5.74, 6) is 1.70. The van der Waals surface area contributed by atoms with Crippen molar-refractivity contribution in [3.05, 3.63) is 30.4 Å². The van der Waals surface area contributed by atoms with E-state index in [2.05, 4.69) is 24.7 Å². The van der Waals surface area contributed by atoms with Gasteiger partial charge in [0.25, 0.3) is 0 Å². The minimum absolute atomic E-state index is 0.440. The molecule has 1 aliphatic heterocycles. The van der Waals surface area contributed by atoms with Crippen molar-refractivity contribution in [3.8, 4) is 5.88 Å². The van der Waals surface area contributed by atoms with Gasteiger partial charge in [0.15, 0.2) is 16.3 Å². The largest absolute Gasteiger partial charge is 0.481 e. The monoisotopic (exact) mass is 366 g/mol. The van der Waals surface area contributed by atoms with E-state index in [0.29, 0.717) is 16.9 Å². The molecule has 0 aromatic carbocycles. The van der Waals surface area contributed by atoms with E-state index in [9.17, 15) is 4.21 Å². The van der Waals surface area contributed by atoms with Gasteiger partial charge in [0, 0.05) is 49.9 Å². The van der Waals surface area contributed by atoms with Gasteiger partial charge in [-0.3, -0.25) is 14.7 Å². The summed E-state index contributed by atoms with van der Waals surface area (Å²) < 4.78 is 22.1. The molecule has 3 rings (SSSR count). The maximum absolute atomic E-state index is 12.1. The van der Waals surface area contributed by atoms with Crippen molar-refractivity contribution in [2.24, 2.45) is 0 Å². The van der Waals surface area contributed by atoms with E-state index in [1.54, 1.807) is 31.8 Å². The Morgan fingerprint density at radius 2 is 2.25 bits per heavy atom. The zero-order valence-corrected chi connectivity index (χ0v) is 14.8. The van der Waals surface area contributed by atoms with Gasteiger partial charge >= 0.3 is 0 Å². The van der Waals surface area contributed by atoms with Gasteiger partial charge in [-0.05, 0) is 6.42 Å². The third kappa shape index (κ3) is 4.62. The summed E-state index contributed by atoms with van der Waals surface area (Å²) in [5.41, 5.74) is 0.921. The molecule has 2 aromatic rings. The normalized spacial score (nSPS) is 15.5. The standard InChI is InChI=1S/C14H18N6O2S2/c1-22-13-9-12(19-24(21)20-6-2-7-20)17-14(18-13)23-8-3-11-10-15-4-5-16-11/h4-5,9-10H,2-3,6-8H2,1H3,(H,17,18,19). The van der Waals surface area contributed by atoms with Gasteiger partial charge in [-0.25, -0.2) is 13.5 Å². The highest BCUT2D eigenvalue weighted by Crippen LogP contribution is 2.22. The molecular formula is C14H18N6O2S2. The molecule has 2 aromatic heterocycles. The maximum Gasteiger partial charge on any atom is 0.219 e. The molecule has 10 heteroatoms. The molecular weight excluding hydrogens is 348 g/mol. The Hall–Kier alpha value is -1.78. The highest BCUT2D eigenvalue weighted by atomic mass is 32.2. The molecule has 8 nitrogen and oxygen atoms in total. The zero-order chi connectivity index (χ0) is 16.8. The fourth-order valence-corrected chi connectivity index (χ4v) is 3.75. The average molecular weight is 366 g/mol. The fraction of sp³-hybridized carbons (Fsp3) is 0.429. The molecule has 0 radical (unpaired) electrons. The molecule has 1 atom stereocenters. The van der Waals surface area contributed by atoms with Crippen molar-refractivity contribution in [2.75, 3.05) is 30.7 Å². The summed E-state index contributed by atoms with van der Waals surface area (Å²) in [6.07, 6.45) is 6.91. The molecule has 0 amide bonds. The summed E-state index contributed by atoms with van der Waals surface area (Å²) in [6.45, 7) is 1.67. The van der Waals surface area contributed by atoms with E-state index >= 15 is 0 Å². The number of anilines is 1. The predicted octanol–water partition coefficient (Wildman–Crippen LogP) is 1.31. The van der Waals surface area contributed by atoms with Crippen LogP contribution in [0.5, 0.6) is 5.88 Å². The van der Waals surface area contributed by atoms with Crippen LogP contribution in [0.1, 0.15) is 12.1 Å². The Bertz CT molecular complexity index is 699. The molecule has 1 unspecified atom stereocenters. The number of nitrogens with one attached hydrogen (secondary N) is 1. The highest BCUT2D eigenvalue weighted by Gasteiger charge is 2.21. The number of methoxy groups -OCH3 is 1. The Morgan fingerprint density at radius 3 is 2.92 bits per heavy atom. The van der Waals surface area contributed by atoms with Crippen LogP contribution in [0.4, 0.5) is 5.82 Å². The summed E-state index contributed by atoms with van der Waals surface area (Å²) in [7, 11) is 1.55. The van der Waals surface area contributed by atoms with Crippen LogP contribution in [0.2, 0.25) is 0 Å². The van der Waals surface area contributed by atoms with Gasteiger partial charge in [-0.2, -0.15) is 4.98 Å². The highest BCUT2D eigenvalue weighted by molar-refractivity contribution is 7.99. The van der Waals surface area contributed by atoms with Crippen LogP contribution in [0.3, 0.4) is 0 Å². The topological polar surface area (TPSA) is 93.1 Å². The first-order chi connectivity index (χ1) is 11.7. The third-order valence-corrected chi connectivity index (χ3v) is 5.41. The van der Waals surface area contributed by atoms with Crippen LogP contribution in [-0.4, -0.2) is 54.4 Å². The van der Waals surface area contributed by atoms with Crippen LogP contribution in [0.15, 0.2) is 29.8 Å². The number of aromatic nitrogens is 4. The third-order valence-electron chi connectivity index (χ3n) is 3.34. The second kappa shape index (κ2) is 8.36. The lowest BCUT2D eigenvalue weighted by molar-refractivity contribution is 0.329. The molecule has 1 N–H and O–H groups in total. The number of aryl methyl sites for hydroxylation is 1. The van der Waals surface area contributed by atoms with Gasteiger partial charge in [0.2, 0.25) is 5.88 Å². The molecule has 0 saturated carbocycles. The molecule has 0 bridgehead atoms. The Labute approximate surface area is 147 Å². The second-order valence-electron chi connectivity index (χ2n) is 5.01. The van der Waals surface area contributed by atoms with Crippen LogP contribution in [0.25, 0.3) is 0 Å². The van der Waals surface area contributed by atoms with Crippen molar-refractivity contribution >= 4 is 28.8 Å². The van der Waals surface area contributed by atoms with Crippen molar-refractivity contribution in [1.82, 2.24) is 24.2 Å². The van der Waals surface area contributed by atoms with E-state index in [4.69, 9.17) is 4.74 Å². The summed E-state index contributed by atoms with van der Waals surface area (Å²) in [5, 5.41) is 0.571. The number of nitrogens with zero attached hydrogens (tertiary/aromatic N) is 5. The molecule has 3 heterocycles. The van der Waals surface area contributed by atoms with E-state index < -0.39 is 11.2 Å². The Kier molecular flexibility index (Phi) is 5.94. The molecule has 1 aliphatic rings. The number of hydrogen-bond acceptors (Lipinski definition) is 7. The van der Waals surface area contributed by atoms with Crippen molar-refractivity contribution in [1.29, 1.82) is 0 Å².